The van der Waals surface area contributed by atoms with E-state index in [4.69, 9.17) is 4.74 Å². The molecule has 0 saturated heterocycles. The summed E-state index contributed by atoms with van der Waals surface area (Å²) in [5, 5.41) is 4.21. The summed E-state index contributed by atoms with van der Waals surface area (Å²) >= 11 is 0. The molecule has 2 aromatic heterocycles. The lowest BCUT2D eigenvalue weighted by Crippen LogP contribution is -2.10. The number of aryl methyl sites for hydroxylation is 3. The first-order valence-corrected chi connectivity index (χ1v) is 8.97. The number of carbonyl (C=O) groups excluding carboxylic acids is 1. The number of rotatable bonds is 6. The predicted octanol–water partition coefficient (Wildman–Crippen LogP) is 4.89. The van der Waals surface area contributed by atoms with Gasteiger partial charge in [-0.2, -0.15) is 0 Å². The highest BCUT2D eigenvalue weighted by Gasteiger charge is 2.23. The first-order valence-electron chi connectivity index (χ1n) is 8.97. The molecule has 26 heavy (non-hydrogen) atoms. The van der Waals surface area contributed by atoms with Gasteiger partial charge in [0.1, 0.15) is 17.0 Å². The minimum Gasteiger partial charge on any atom is -0.462 e. The number of hydrogen-bond donors (Lipinski definition) is 1. The highest BCUT2D eigenvalue weighted by molar-refractivity contribution is 6.09. The minimum atomic E-state index is -0.315. The van der Waals surface area contributed by atoms with Crippen LogP contribution in [-0.4, -0.2) is 22.1 Å². The largest absolute Gasteiger partial charge is 0.462 e. The lowest BCUT2D eigenvalue weighted by Gasteiger charge is -2.13. The van der Waals surface area contributed by atoms with E-state index in [1.54, 1.807) is 6.20 Å². The number of fused-ring (bicyclic) bond motifs is 1. The topological polar surface area (TPSA) is 56.1 Å². The van der Waals surface area contributed by atoms with Crippen LogP contribution in [0, 0.1) is 13.8 Å². The Bertz CT molecular complexity index is 944. The molecule has 1 N–H and O–H groups in total. The van der Waals surface area contributed by atoms with E-state index < -0.39 is 0 Å². The highest BCUT2D eigenvalue weighted by Crippen LogP contribution is 2.32. The third-order valence-corrected chi connectivity index (χ3v) is 4.52. The molecule has 0 aliphatic carbocycles. The molecular formula is C21H25N3O2. The molecule has 0 amide bonds. The first-order chi connectivity index (χ1) is 12.5. The molecule has 5 nitrogen and oxygen atoms in total. The first kappa shape index (κ1) is 18.0. The van der Waals surface area contributed by atoms with E-state index in [2.05, 4.69) is 43.2 Å². The molecule has 0 unspecified atom stereocenters. The van der Waals surface area contributed by atoms with Crippen molar-refractivity contribution in [1.82, 2.24) is 9.55 Å². The van der Waals surface area contributed by atoms with Crippen LogP contribution >= 0.6 is 0 Å². The number of esters is 1. The third-order valence-electron chi connectivity index (χ3n) is 4.52. The molecule has 0 spiro atoms. The minimum absolute atomic E-state index is 0.315. The van der Waals surface area contributed by atoms with Crippen molar-refractivity contribution in [3.05, 3.63) is 53.2 Å². The Balaban J connectivity index is 2.06. The van der Waals surface area contributed by atoms with E-state index in [0.717, 1.165) is 35.1 Å². The van der Waals surface area contributed by atoms with Crippen molar-refractivity contribution in [1.29, 1.82) is 0 Å². The van der Waals surface area contributed by atoms with Crippen LogP contribution in [0.4, 0.5) is 11.5 Å². The maximum absolute atomic E-state index is 12.8. The molecule has 3 aromatic rings. The van der Waals surface area contributed by atoms with Crippen LogP contribution in [0.15, 0.2) is 36.5 Å². The van der Waals surface area contributed by atoms with E-state index >= 15 is 0 Å². The zero-order valence-corrected chi connectivity index (χ0v) is 15.8. The van der Waals surface area contributed by atoms with E-state index in [0.29, 0.717) is 18.0 Å². The summed E-state index contributed by atoms with van der Waals surface area (Å²) in [4.78, 5) is 17.2. The van der Waals surface area contributed by atoms with Gasteiger partial charge in [0.2, 0.25) is 0 Å². The summed E-state index contributed by atoms with van der Waals surface area (Å²) in [6.07, 6.45) is 3.57. The van der Waals surface area contributed by atoms with E-state index in [1.807, 2.05) is 29.8 Å². The molecule has 1 aromatic carbocycles. The number of unbranched alkanes of at least 4 members (excludes halogenated alkanes) is 1. The van der Waals surface area contributed by atoms with Gasteiger partial charge in [0, 0.05) is 24.3 Å². The predicted molar refractivity (Wildman–Crippen MR) is 105 cm³/mol. The standard InChI is InChI=1S/C21H25N3O2/c1-5-6-12-26-21(25)18-16-8-7-11-22-19(16)24(4)20(18)23-17-10-9-14(2)13-15(17)3/h7-11,13,23H,5-6,12H2,1-4H3. The normalized spacial score (nSPS) is 10.9. The quantitative estimate of drug-likeness (QED) is 0.507. The van der Waals surface area contributed by atoms with E-state index in [-0.39, 0.29) is 5.97 Å². The van der Waals surface area contributed by atoms with Gasteiger partial charge in [0.25, 0.3) is 0 Å². The van der Waals surface area contributed by atoms with Gasteiger partial charge in [-0.1, -0.05) is 31.0 Å². The zero-order chi connectivity index (χ0) is 18.7. The molecule has 0 aliphatic heterocycles. The average molecular weight is 351 g/mol. The number of carbonyl (C=O) groups is 1. The van der Waals surface area contributed by atoms with Gasteiger partial charge in [-0.05, 0) is 44.0 Å². The number of nitrogens with one attached hydrogen (secondary N) is 1. The van der Waals surface area contributed by atoms with Gasteiger partial charge in [-0.3, -0.25) is 0 Å². The summed E-state index contributed by atoms with van der Waals surface area (Å²) in [6, 6.07) is 9.94. The summed E-state index contributed by atoms with van der Waals surface area (Å²) < 4.78 is 7.41. The third kappa shape index (κ3) is 3.43. The molecule has 0 radical (unpaired) electrons. The number of benzene rings is 1. The number of anilines is 2. The fourth-order valence-electron chi connectivity index (χ4n) is 3.08. The summed E-state index contributed by atoms with van der Waals surface area (Å²) in [5.74, 6) is 0.386. The summed E-state index contributed by atoms with van der Waals surface area (Å²) in [7, 11) is 1.91. The SMILES string of the molecule is CCCCOC(=O)c1c(Nc2ccc(C)cc2C)n(C)c2ncccc12. The molecule has 0 atom stereocenters. The molecule has 136 valence electrons. The Kier molecular flexibility index (Phi) is 5.26. The fraction of sp³-hybridized carbons (Fsp3) is 0.333. The lowest BCUT2D eigenvalue weighted by molar-refractivity contribution is 0.0503. The van der Waals surface area contributed by atoms with Crippen molar-refractivity contribution < 1.29 is 9.53 Å². The van der Waals surface area contributed by atoms with Gasteiger partial charge < -0.3 is 14.6 Å². The van der Waals surface area contributed by atoms with Crippen LogP contribution in [0.25, 0.3) is 11.0 Å². The van der Waals surface area contributed by atoms with Crippen molar-refractivity contribution in [2.75, 3.05) is 11.9 Å². The second-order valence-corrected chi connectivity index (χ2v) is 6.59. The van der Waals surface area contributed by atoms with Crippen LogP contribution < -0.4 is 5.32 Å². The van der Waals surface area contributed by atoms with Crippen LogP contribution in [0.5, 0.6) is 0 Å². The van der Waals surface area contributed by atoms with Gasteiger partial charge in [-0.15, -0.1) is 0 Å². The Morgan fingerprint density at radius 2 is 2.08 bits per heavy atom. The molecule has 3 rings (SSSR count). The lowest BCUT2D eigenvalue weighted by atomic mass is 10.1. The second kappa shape index (κ2) is 7.60. The van der Waals surface area contributed by atoms with Gasteiger partial charge >= 0.3 is 5.97 Å². The number of hydrogen-bond acceptors (Lipinski definition) is 4. The Labute approximate surface area is 154 Å². The van der Waals surface area contributed by atoms with Gasteiger partial charge in [-0.25, -0.2) is 9.78 Å². The number of ether oxygens (including phenoxy) is 1. The van der Waals surface area contributed by atoms with E-state index in [9.17, 15) is 4.79 Å². The second-order valence-electron chi connectivity index (χ2n) is 6.59. The van der Waals surface area contributed by atoms with Crippen LogP contribution in [0.3, 0.4) is 0 Å². The highest BCUT2D eigenvalue weighted by atomic mass is 16.5. The maximum Gasteiger partial charge on any atom is 0.342 e. The van der Waals surface area contributed by atoms with Crippen LogP contribution in [0.2, 0.25) is 0 Å². The Morgan fingerprint density at radius 3 is 2.81 bits per heavy atom. The molecular weight excluding hydrogens is 326 g/mol. The number of nitrogens with zero attached hydrogens (tertiary/aromatic N) is 2. The molecule has 0 bridgehead atoms. The number of pyridine rings is 1. The zero-order valence-electron chi connectivity index (χ0n) is 15.8. The van der Waals surface area contributed by atoms with Crippen molar-refractivity contribution in [3.63, 3.8) is 0 Å². The van der Waals surface area contributed by atoms with Crippen molar-refractivity contribution in [3.8, 4) is 0 Å². The summed E-state index contributed by atoms with van der Waals surface area (Å²) in [5.41, 5.74) is 4.57. The van der Waals surface area contributed by atoms with E-state index in [1.165, 1.54) is 5.56 Å². The van der Waals surface area contributed by atoms with Crippen molar-refractivity contribution in [2.45, 2.75) is 33.6 Å². The number of aromatic nitrogens is 2. The smallest absolute Gasteiger partial charge is 0.342 e. The average Bonchev–Trinajstić information content (AvgIpc) is 2.90. The van der Waals surface area contributed by atoms with Crippen molar-refractivity contribution in [2.24, 2.45) is 7.05 Å². The van der Waals surface area contributed by atoms with Gasteiger partial charge in [0.15, 0.2) is 0 Å². The molecule has 0 saturated carbocycles. The van der Waals surface area contributed by atoms with Gasteiger partial charge in [0.05, 0.1) is 6.61 Å². The molecule has 2 heterocycles. The summed E-state index contributed by atoms with van der Waals surface area (Å²) in [6.45, 7) is 6.61. The Hall–Kier alpha value is -2.82. The molecule has 0 fully saturated rings. The van der Waals surface area contributed by atoms with Crippen molar-refractivity contribution >= 4 is 28.5 Å². The monoisotopic (exact) mass is 351 g/mol. The van der Waals surface area contributed by atoms with Crippen LogP contribution in [-0.2, 0) is 11.8 Å². The fourth-order valence-corrected chi connectivity index (χ4v) is 3.08. The molecule has 5 heteroatoms. The Morgan fingerprint density at radius 1 is 1.27 bits per heavy atom. The maximum atomic E-state index is 12.8. The molecule has 0 aliphatic rings. The van der Waals surface area contributed by atoms with Crippen LogP contribution in [0.1, 0.15) is 41.3 Å².